The lowest BCUT2D eigenvalue weighted by atomic mass is 9.91. The Morgan fingerprint density at radius 2 is 2.04 bits per heavy atom. The number of nitrogens with one attached hydrogen (secondary N) is 2. The maximum Gasteiger partial charge on any atom is 0.410 e. The van der Waals surface area contributed by atoms with Gasteiger partial charge < -0.3 is 20.3 Å². The minimum atomic E-state index is -0.474. The van der Waals surface area contributed by atoms with Gasteiger partial charge in [-0.1, -0.05) is 24.3 Å². The molecule has 6 heteroatoms. The second kappa shape index (κ2) is 5.76. The smallest absolute Gasteiger partial charge is 0.410 e. The lowest BCUT2D eigenvalue weighted by Gasteiger charge is -2.30. The van der Waals surface area contributed by atoms with Gasteiger partial charge in [-0.2, -0.15) is 0 Å². The van der Waals surface area contributed by atoms with Crippen LogP contribution in [0.3, 0.4) is 0 Å². The second-order valence-corrected chi connectivity index (χ2v) is 7.06. The molecule has 0 spiro atoms. The first kappa shape index (κ1) is 15.6. The van der Waals surface area contributed by atoms with Crippen molar-refractivity contribution in [3.05, 3.63) is 35.5 Å². The number of nitrogens with zero attached hydrogens (tertiary/aromatic N) is 1. The number of urea groups is 1. The van der Waals surface area contributed by atoms with Crippen molar-refractivity contribution >= 4 is 12.1 Å². The molecule has 1 saturated heterocycles. The van der Waals surface area contributed by atoms with Crippen LogP contribution in [0.5, 0.6) is 0 Å². The fourth-order valence-electron chi connectivity index (χ4n) is 2.93. The summed E-state index contributed by atoms with van der Waals surface area (Å²) in [6.45, 7) is 6.80. The number of ether oxygens (including phenoxy) is 1. The van der Waals surface area contributed by atoms with Crippen molar-refractivity contribution in [1.29, 1.82) is 0 Å². The van der Waals surface area contributed by atoms with Crippen molar-refractivity contribution in [2.75, 3.05) is 13.1 Å². The van der Waals surface area contributed by atoms with Crippen LogP contribution >= 0.6 is 0 Å². The number of carbonyl (C=O) groups excluding carboxylic acids is 2. The van der Waals surface area contributed by atoms with Crippen LogP contribution in [0.4, 0.5) is 9.59 Å². The fourth-order valence-corrected chi connectivity index (χ4v) is 2.93. The van der Waals surface area contributed by atoms with Crippen molar-refractivity contribution in [2.24, 2.45) is 0 Å². The molecule has 3 amide bonds. The van der Waals surface area contributed by atoms with Crippen LogP contribution in [-0.2, 0) is 4.74 Å². The molecule has 0 aromatic carbocycles. The lowest BCUT2D eigenvalue weighted by molar-refractivity contribution is 0.0266. The lowest BCUT2D eigenvalue weighted by Crippen LogP contribution is -2.39. The molecule has 6 nitrogen and oxygen atoms in total. The molecule has 0 saturated carbocycles. The van der Waals surface area contributed by atoms with Gasteiger partial charge in [0.25, 0.3) is 0 Å². The molecule has 23 heavy (non-hydrogen) atoms. The number of allylic oxidation sites excluding steroid dienone is 2. The molecule has 0 unspecified atom stereocenters. The first-order valence-electron chi connectivity index (χ1n) is 7.96. The molecule has 0 aromatic rings. The van der Waals surface area contributed by atoms with Gasteiger partial charge in [0.1, 0.15) is 5.60 Å². The first-order valence-corrected chi connectivity index (χ1v) is 7.96. The summed E-state index contributed by atoms with van der Waals surface area (Å²) in [6.07, 6.45) is 8.72. The molecule has 0 bridgehead atoms. The Morgan fingerprint density at radius 3 is 2.70 bits per heavy atom. The van der Waals surface area contributed by atoms with E-state index in [4.69, 9.17) is 4.74 Å². The van der Waals surface area contributed by atoms with Crippen molar-refractivity contribution in [1.82, 2.24) is 15.5 Å². The van der Waals surface area contributed by atoms with Crippen molar-refractivity contribution in [2.45, 2.75) is 44.9 Å². The predicted molar refractivity (Wildman–Crippen MR) is 87.0 cm³/mol. The summed E-state index contributed by atoms with van der Waals surface area (Å²) in [5.41, 5.74) is 1.86. The molecule has 3 aliphatic rings. The average Bonchev–Trinajstić information content (AvgIpc) is 2.84. The van der Waals surface area contributed by atoms with Crippen molar-refractivity contribution in [3.63, 3.8) is 0 Å². The van der Waals surface area contributed by atoms with Crippen molar-refractivity contribution in [3.8, 4) is 0 Å². The van der Waals surface area contributed by atoms with E-state index in [0.717, 1.165) is 12.0 Å². The normalized spacial score (nSPS) is 26.7. The number of fused-ring (bicyclic) bond motifs is 1. The zero-order chi connectivity index (χ0) is 16.6. The van der Waals surface area contributed by atoms with Gasteiger partial charge in [-0.3, -0.25) is 0 Å². The largest absolute Gasteiger partial charge is 0.444 e. The third-order valence-electron chi connectivity index (χ3n) is 4.06. The fraction of sp³-hybridized carbons (Fsp3) is 0.529. The Balaban J connectivity index is 1.63. The van der Waals surface area contributed by atoms with Crippen LogP contribution in [0.1, 0.15) is 27.2 Å². The Kier molecular flexibility index (Phi) is 3.92. The maximum atomic E-state index is 12.1. The van der Waals surface area contributed by atoms with E-state index < -0.39 is 5.60 Å². The maximum absolute atomic E-state index is 12.1. The van der Waals surface area contributed by atoms with E-state index in [9.17, 15) is 9.59 Å². The molecule has 2 aliphatic heterocycles. The van der Waals surface area contributed by atoms with Gasteiger partial charge in [0.2, 0.25) is 0 Å². The van der Waals surface area contributed by atoms with Gasteiger partial charge in [-0.15, -0.1) is 0 Å². The van der Waals surface area contributed by atoms with Gasteiger partial charge in [-0.25, -0.2) is 9.59 Å². The number of amides is 3. The SMILES string of the molecule is CC(C)(C)OC(=O)N1CC=C(C2=C[C@@H]3NC(=O)N[C@@H]3C=C2)CC1. The minimum absolute atomic E-state index is 0.00675. The quantitative estimate of drug-likeness (QED) is 0.778. The third-order valence-corrected chi connectivity index (χ3v) is 4.06. The average molecular weight is 317 g/mol. The van der Waals surface area contributed by atoms with Crippen molar-refractivity contribution < 1.29 is 14.3 Å². The second-order valence-electron chi connectivity index (χ2n) is 7.06. The molecule has 1 aliphatic carbocycles. The molecule has 3 rings (SSSR count). The van der Waals surface area contributed by atoms with Gasteiger partial charge in [0.15, 0.2) is 0 Å². The molecule has 1 fully saturated rings. The molecule has 2 heterocycles. The van der Waals surface area contributed by atoms with E-state index >= 15 is 0 Å². The number of carbonyl (C=O) groups is 2. The monoisotopic (exact) mass is 317 g/mol. The van der Waals surface area contributed by atoms with Gasteiger partial charge in [0, 0.05) is 13.1 Å². The molecule has 0 radical (unpaired) electrons. The molecule has 0 aromatic heterocycles. The van der Waals surface area contributed by atoms with Crippen LogP contribution in [0.2, 0.25) is 0 Å². The molecular weight excluding hydrogens is 294 g/mol. The summed E-state index contributed by atoms with van der Waals surface area (Å²) in [4.78, 5) is 25.2. The highest BCUT2D eigenvalue weighted by atomic mass is 16.6. The third kappa shape index (κ3) is 3.57. The highest BCUT2D eigenvalue weighted by Gasteiger charge is 2.31. The Hall–Kier alpha value is -2.24. The zero-order valence-corrected chi connectivity index (χ0v) is 13.8. The van der Waals surface area contributed by atoms with E-state index in [0.29, 0.717) is 13.1 Å². The molecule has 2 atom stereocenters. The van der Waals surface area contributed by atoms with Crippen LogP contribution in [0.25, 0.3) is 0 Å². The molecular formula is C17H23N3O3. The van der Waals surface area contributed by atoms with Crippen LogP contribution < -0.4 is 10.6 Å². The molecule has 124 valence electrons. The highest BCUT2D eigenvalue weighted by molar-refractivity contribution is 5.79. The summed E-state index contributed by atoms with van der Waals surface area (Å²) in [5, 5.41) is 5.74. The Morgan fingerprint density at radius 1 is 1.30 bits per heavy atom. The van der Waals surface area contributed by atoms with Crippen LogP contribution in [0, 0.1) is 0 Å². The minimum Gasteiger partial charge on any atom is -0.444 e. The zero-order valence-electron chi connectivity index (χ0n) is 13.8. The summed E-state index contributed by atoms with van der Waals surface area (Å²) in [5.74, 6) is 0. The summed E-state index contributed by atoms with van der Waals surface area (Å²) < 4.78 is 5.40. The van der Waals surface area contributed by atoms with Gasteiger partial charge in [0.05, 0.1) is 12.1 Å². The van der Waals surface area contributed by atoms with E-state index in [-0.39, 0.29) is 24.2 Å². The first-order chi connectivity index (χ1) is 10.8. The van der Waals surface area contributed by atoms with Crippen LogP contribution in [-0.4, -0.2) is 47.8 Å². The van der Waals surface area contributed by atoms with E-state index in [1.807, 2.05) is 32.9 Å². The van der Waals surface area contributed by atoms with Crippen LogP contribution in [0.15, 0.2) is 35.5 Å². The summed E-state index contributed by atoms with van der Waals surface area (Å²) >= 11 is 0. The molecule has 2 N–H and O–H groups in total. The topological polar surface area (TPSA) is 70.7 Å². The standard InChI is InChI=1S/C17H23N3O3/c1-17(2,3)23-16(22)20-8-6-11(7-9-20)12-4-5-13-14(10-12)19-15(21)18-13/h4-6,10,13-14H,7-9H2,1-3H3,(H2,18,19,21)/t13-,14+/m1/s1. The van der Waals surface area contributed by atoms with Gasteiger partial charge in [-0.05, 0) is 38.3 Å². The van der Waals surface area contributed by atoms with E-state index in [1.54, 1.807) is 4.90 Å². The Bertz CT molecular complexity index is 613. The number of rotatable bonds is 1. The number of hydrogen-bond acceptors (Lipinski definition) is 3. The van der Waals surface area contributed by atoms with E-state index in [2.05, 4.69) is 22.8 Å². The highest BCUT2D eigenvalue weighted by Crippen LogP contribution is 2.26. The van der Waals surface area contributed by atoms with E-state index in [1.165, 1.54) is 5.57 Å². The summed E-state index contributed by atoms with van der Waals surface area (Å²) in [7, 11) is 0. The summed E-state index contributed by atoms with van der Waals surface area (Å²) in [6, 6.07) is -0.0862. The van der Waals surface area contributed by atoms with Gasteiger partial charge >= 0.3 is 12.1 Å². The Labute approximate surface area is 136 Å². The number of hydrogen-bond donors (Lipinski definition) is 2. The predicted octanol–water partition coefficient (Wildman–Crippen LogP) is 2.10.